The van der Waals surface area contributed by atoms with E-state index in [2.05, 4.69) is 5.32 Å². The highest BCUT2D eigenvalue weighted by Crippen LogP contribution is 2.32. The Labute approximate surface area is 150 Å². The lowest BCUT2D eigenvalue weighted by Crippen LogP contribution is -2.46. The molecule has 0 bridgehead atoms. The topological polar surface area (TPSA) is 93.9 Å². The van der Waals surface area contributed by atoms with Crippen molar-refractivity contribution in [3.8, 4) is 0 Å². The zero-order chi connectivity index (χ0) is 18.6. The molecule has 1 aliphatic rings. The zero-order valence-corrected chi connectivity index (χ0v) is 15.0. The number of nitro groups is 1. The molecule has 9 heteroatoms. The van der Waals surface area contributed by atoms with Gasteiger partial charge in [-0.15, -0.1) is 0 Å². The number of hydrogen-bond acceptors (Lipinski definition) is 6. The summed E-state index contributed by atoms with van der Waals surface area (Å²) in [6, 6.07) is 5.46. The molecule has 0 aliphatic carbocycles. The molecule has 0 saturated heterocycles. The van der Waals surface area contributed by atoms with E-state index in [9.17, 15) is 14.9 Å². The highest BCUT2D eigenvalue weighted by molar-refractivity contribution is 7.80. The van der Waals surface area contributed by atoms with Gasteiger partial charge in [-0.2, -0.15) is 0 Å². The molecule has 0 spiro atoms. The first kappa shape index (κ1) is 18.8. The first-order valence-electron chi connectivity index (χ1n) is 7.52. The number of ether oxygens (including phenoxy) is 2. The molecule has 0 radical (unpaired) electrons. The van der Waals surface area contributed by atoms with Crippen LogP contribution >= 0.6 is 12.2 Å². The van der Waals surface area contributed by atoms with E-state index in [1.165, 1.54) is 19.2 Å². The first-order valence-corrected chi connectivity index (χ1v) is 7.93. The third kappa shape index (κ3) is 4.12. The van der Waals surface area contributed by atoms with E-state index in [1.54, 1.807) is 31.0 Å². The smallest absolute Gasteiger partial charge is 0.338 e. The van der Waals surface area contributed by atoms with Gasteiger partial charge in [0.25, 0.3) is 5.69 Å². The van der Waals surface area contributed by atoms with Gasteiger partial charge in [-0.25, -0.2) is 4.79 Å². The summed E-state index contributed by atoms with van der Waals surface area (Å²) in [4.78, 5) is 24.8. The highest BCUT2D eigenvalue weighted by atomic mass is 32.1. The SMILES string of the molecule is COCCOC(=O)C1=C(C)N(C)C(=S)NC1c1cccc([N+](=O)[O-])c1. The minimum absolute atomic E-state index is 0.0612. The average Bonchev–Trinajstić information content (AvgIpc) is 2.59. The number of carbonyl (C=O) groups is 1. The number of allylic oxidation sites excluding steroid dienone is 1. The van der Waals surface area contributed by atoms with Crippen LogP contribution in [0, 0.1) is 10.1 Å². The minimum atomic E-state index is -0.626. The van der Waals surface area contributed by atoms with Gasteiger partial charge < -0.3 is 19.7 Å². The summed E-state index contributed by atoms with van der Waals surface area (Å²) in [7, 11) is 3.25. The second-order valence-electron chi connectivity index (χ2n) is 5.42. The van der Waals surface area contributed by atoms with Crippen molar-refractivity contribution in [3.63, 3.8) is 0 Å². The molecule has 0 saturated carbocycles. The third-order valence-corrected chi connectivity index (χ3v) is 4.30. The van der Waals surface area contributed by atoms with Gasteiger partial charge in [0.15, 0.2) is 5.11 Å². The molecule has 1 aliphatic heterocycles. The second kappa shape index (κ2) is 8.04. The van der Waals surface area contributed by atoms with Crippen molar-refractivity contribution >= 4 is 29.0 Å². The summed E-state index contributed by atoms with van der Waals surface area (Å²) in [5, 5.41) is 14.5. The number of rotatable bonds is 6. The Balaban J connectivity index is 2.42. The number of methoxy groups -OCH3 is 1. The largest absolute Gasteiger partial charge is 0.460 e. The van der Waals surface area contributed by atoms with E-state index in [0.29, 0.717) is 21.9 Å². The van der Waals surface area contributed by atoms with E-state index < -0.39 is 16.9 Å². The maximum absolute atomic E-state index is 12.6. The molecule has 0 aromatic heterocycles. The molecule has 134 valence electrons. The molecule has 1 aromatic rings. The highest BCUT2D eigenvalue weighted by Gasteiger charge is 2.34. The Morgan fingerprint density at radius 1 is 1.44 bits per heavy atom. The fourth-order valence-corrected chi connectivity index (χ4v) is 2.72. The fraction of sp³-hybridized carbons (Fsp3) is 0.375. The van der Waals surface area contributed by atoms with Crippen LogP contribution in [0.2, 0.25) is 0 Å². The van der Waals surface area contributed by atoms with Gasteiger partial charge in [0.2, 0.25) is 0 Å². The van der Waals surface area contributed by atoms with E-state index in [1.807, 2.05) is 0 Å². The van der Waals surface area contributed by atoms with E-state index in [4.69, 9.17) is 21.7 Å². The van der Waals surface area contributed by atoms with Gasteiger partial charge in [-0.1, -0.05) is 12.1 Å². The first-order chi connectivity index (χ1) is 11.9. The Morgan fingerprint density at radius 3 is 2.80 bits per heavy atom. The lowest BCUT2D eigenvalue weighted by atomic mass is 9.95. The van der Waals surface area contributed by atoms with Crippen molar-refractivity contribution in [1.29, 1.82) is 0 Å². The molecule has 0 amide bonds. The van der Waals surface area contributed by atoms with Crippen molar-refractivity contribution in [1.82, 2.24) is 10.2 Å². The summed E-state index contributed by atoms with van der Waals surface area (Å²) >= 11 is 5.29. The van der Waals surface area contributed by atoms with Gasteiger partial charge >= 0.3 is 5.97 Å². The number of benzene rings is 1. The molecule has 25 heavy (non-hydrogen) atoms. The molecule has 1 atom stereocenters. The van der Waals surface area contributed by atoms with Crippen LogP contribution in [0.4, 0.5) is 5.69 Å². The number of nitro benzene ring substituents is 1. The van der Waals surface area contributed by atoms with Crippen LogP contribution in [0.3, 0.4) is 0 Å². The van der Waals surface area contributed by atoms with Gasteiger partial charge in [0.05, 0.1) is 23.1 Å². The summed E-state index contributed by atoms with van der Waals surface area (Å²) in [5.74, 6) is -0.520. The van der Waals surface area contributed by atoms with Gasteiger partial charge in [-0.05, 0) is 24.7 Å². The van der Waals surface area contributed by atoms with E-state index in [-0.39, 0.29) is 18.9 Å². The summed E-state index contributed by atoms with van der Waals surface area (Å²) in [6.07, 6.45) is 0. The molecule has 0 fully saturated rings. The Bertz CT molecular complexity index is 734. The molecule has 1 aromatic carbocycles. The van der Waals surface area contributed by atoms with Crippen LogP contribution in [0.15, 0.2) is 35.5 Å². The van der Waals surface area contributed by atoms with Gasteiger partial charge in [-0.3, -0.25) is 10.1 Å². The number of esters is 1. The zero-order valence-electron chi connectivity index (χ0n) is 14.1. The number of nitrogens with one attached hydrogen (secondary N) is 1. The van der Waals surface area contributed by atoms with Crippen LogP contribution in [0.5, 0.6) is 0 Å². The molecule has 8 nitrogen and oxygen atoms in total. The van der Waals surface area contributed by atoms with Crippen molar-refractivity contribution in [2.24, 2.45) is 0 Å². The molecular formula is C16H19N3O5S. The van der Waals surface area contributed by atoms with E-state index >= 15 is 0 Å². The number of thiocarbonyl (C=S) groups is 1. The van der Waals surface area contributed by atoms with Gasteiger partial charge in [0.1, 0.15) is 6.61 Å². The van der Waals surface area contributed by atoms with E-state index in [0.717, 1.165) is 0 Å². The van der Waals surface area contributed by atoms with Crippen molar-refractivity contribution in [2.75, 3.05) is 27.4 Å². The lowest BCUT2D eigenvalue weighted by Gasteiger charge is -2.35. The van der Waals surface area contributed by atoms with Crippen LogP contribution in [-0.4, -0.2) is 48.3 Å². The van der Waals surface area contributed by atoms with Crippen LogP contribution in [-0.2, 0) is 14.3 Å². The maximum Gasteiger partial charge on any atom is 0.338 e. The Hall–Kier alpha value is -2.52. The quantitative estimate of drug-likeness (QED) is 0.269. The fourth-order valence-electron chi connectivity index (χ4n) is 2.46. The predicted molar refractivity (Wildman–Crippen MR) is 94.9 cm³/mol. The normalized spacial score (nSPS) is 17.3. The molecule has 1 N–H and O–H groups in total. The average molecular weight is 365 g/mol. The minimum Gasteiger partial charge on any atom is -0.460 e. The van der Waals surface area contributed by atoms with Crippen molar-refractivity contribution in [2.45, 2.75) is 13.0 Å². The Morgan fingerprint density at radius 2 is 2.16 bits per heavy atom. The second-order valence-corrected chi connectivity index (χ2v) is 5.81. The monoisotopic (exact) mass is 365 g/mol. The maximum atomic E-state index is 12.6. The summed E-state index contributed by atoms with van der Waals surface area (Å²) < 4.78 is 10.1. The molecule has 1 heterocycles. The predicted octanol–water partition coefficient (Wildman–Crippen LogP) is 1.92. The molecular weight excluding hydrogens is 346 g/mol. The van der Waals surface area contributed by atoms with Crippen LogP contribution < -0.4 is 5.32 Å². The van der Waals surface area contributed by atoms with Gasteiger partial charge in [0, 0.05) is 32.0 Å². The van der Waals surface area contributed by atoms with Crippen molar-refractivity contribution in [3.05, 3.63) is 51.2 Å². The number of carbonyl (C=O) groups excluding carboxylic acids is 1. The van der Waals surface area contributed by atoms with Crippen LogP contribution in [0.1, 0.15) is 18.5 Å². The third-order valence-electron chi connectivity index (χ3n) is 3.91. The summed E-state index contributed by atoms with van der Waals surface area (Å²) in [5.41, 5.74) is 1.48. The number of nitrogens with zero attached hydrogens (tertiary/aromatic N) is 2. The number of non-ortho nitro benzene ring substituents is 1. The number of hydrogen-bond donors (Lipinski definition) is 1. The Kier molecular flexibility index (Phi) is 6.05. The molecule has 2 rings (SSSR count). The standard InChI is InChI=1S/C16H19N3O5S/c1-10-13(15(20)24-8-7-23-3)14(17-16(25)18(10)2)11-5-4-6-12(9-11)19(21)22/h4-6,9,14H,7-8H2,1-3H3,(H,17,25). The van der Waals surface area contributed by atoms with Crippen molar-refractivity contribution < 1.29 is 19.2 Å². The van der Waals surface area contributed by atoms with Crippen LogP contribution in [0.25, 0.3) is 0 Å². The molecule has 1 unspecified atom stereocenters. The lowest BCUT2D eigenvalue weighted by molar-refractivity contribution is -0.384. The summed E-state index contributed by atoms with van der Waals surface area (Å²) in [6.45, 7) is 2.15.